The molecule has 1 unspecified atom stereocenters. The number of rotatable bonds is 3. The average molecular weight is 274 g/mol. The second-order valence-corrected chi connectivity index (χ2v) is 5.36. The van der Waals surface area contributed by atoms with E-state index in [0.717, 1.165) is 25.2 Å². The van der Waals surface area contributed by atoms with E-state index in [0.29, 0.717) is 11.7 Å². The number of likely N-dealkylation sites (N-methyl/N-ethyl adjacent to an activating group) is 1. The van der Waals surface area contributed by atoms with Gasteiger partial charge in [-0.3, -0.25) is 0 Å². The molecule has 0 amide bonds. The van der Waals surface area contributed by atoms with Crippen LogP contribution in [-0.4, -0.2) is 50.2 Å². The van der Waals surface area contributed by atoms with Crippen molar-refractivity contribution >= 4 is 11.6 Å². The summed E-state index contributed by atoms with van der Waals surface area (Å²) in [7, 11) is 2.13. The van der Waals surface area contributed by atoms with Gasteiger partial charge >= 0.3 is 5.97 Å². The Morgan fingerprint density at radius 2 is 2.35 bits per heavy atom. The lowest BCUT2D eigenvalue weighted by Gasteiger charge is -2.31. The van der Waals surface area contributed by atoms with Gasteiger partial charge in [-0.1, -0.05) is 6.42 Å². The summed E-state index contributed by atoms with van der Waals surface area (Å²) in [6.07, 6.45) is 6.15. The Morgan fingerprint density at radius 1 is 1.50 bits per heavy atom. The number of likely N-dealkylation sites (tertiary alicyclic amines) is 1. The first-order valence-corrected chi connectivity index (χ1v) is 6.93. The van der Waals surface area contributed by atoms with E-state index >= 15 is 0 Å². The van der Waals surface area contributed by atoms with Crippen LogP contribution in [0, 0.1) is 0 Å². The van der Waals surface area contributed by atoms with E-state index in [-0.39, 0.29) is 5.56 Å². The van der Waals surface area contributed by atoms with Crippen LogP contribution in [0.4, 0.5) is 0 Å². The molecular formula is C14H18N4O2. The van der Waals surface area contributed by atoms with Gasteiger partial charge in [-0.15, -0.1) is 0 Å². The van der Waals surface area contributed by atoms with Gasteiger partial charge in [0.25, 0.3) is 0 Å². The number of carboxylic acid groups (broad SMARTS) is 1. The van der Waals surface area contributed by atoms with Crippen LogP contribution in [0.5, 0.6) is 0 Å². The van der Waals surface area contributed by atoms with E-state index in [1.165, 1.54) is 12.8 Å². The van der Waals surface area contributed by atoms with Crippen LogP contribution in [-0.2, 0) is 6.42 Å². The van der Waals surface area contributed by atoms with Crippen LogP contribution >= 0.6 is 0 Å². The van der Waals surface area contributed by atoms with Gasteiger partial charge < -0.3 is 10.0 Å². The van der Waals surface area contributed by atoms with Gasteiger partial charge in [-0.2, -0.15) is 5.10 Å². The summed E-state index contributed by atoms with van der Waals surface area (Å²) in [6.45, 7) is 1.11. The van der Waals surface area contributed by atoms with Crippen molar-refractivity contribution in [2.24, 2.45) is 0 Å². The Kier molecular flexibility index (Phi) is 3.40. The van der Waals surface area contributed by atoms with Crippen molar-refractivity contribution in [3.63, 3.8) is 0 Å². The summed E-state index contributed by atoms with van der Waals surface area (Å²) in [4.78, 5) is 17.9. The minimum Gasteiger partial charge on any atom is -0.478 e. The largest absolute Gasteiger partial charge is 0.478 e. The monoisotopic (exact) mass is 274 g/mol. The third kappa shape index (κ3) is 2.38. The lowest BCUT2D eigenvalue weighted by molar-refractivity contribution is 0.0698. The summed E-state index contributed by atoms with van der Waals surface area (Å²) in [5.74, 6) is -0.248. The molecule has 3 heterocycles. The molecule has 2 aromatic rings. The number of fused-ring (bicyclic) bond motifs is 1. The molecule has 1 atom stereocenters. The van der Waals surface area contributed by atoms with E-state index in [9.17, 15) is 4.79 Å². The smallest absolute Gasteiger partial charge is 0.339 e. The van der Waals surface area contributed by atoms with Crippen LogP contribution in [0.15, 0.2) is 18.3 Å². The standard InChI is InChI=1S/C14H18N4O2/c1-17-7-3-2-5-10(17)9-12-15-13-11(14(19)20)6-4-8-18(13)16-12/h4,6,8,10H,2-3,5,7,9H2,1H3,(H,19,20). The summed E-state index contributed by atoms with van der Waals surface area (Å²) >= 11 is 0. The number of aromatic carboxylic acids is 1. The fraction of sp³-hybridized carbons (Fsp3) is 0.500. The molecule has 106 valence electrons. The average Bonchev–Trinajstić information content (AvgIpc) is 2.83. The van der Waals surface area contributed by atoms with Crippen molar-refractivity contribution in [3.05, 3.63) is 29.7 Å². The van der Waals surface area contributed by atoms with E-state index in [1.807, 2.05) is 0 Å². The zero-order valence-electron chi connectivity index (χ0n) is 11.5. The second-order valence-electron chi connectivity index (χ2n) is 5.36. The number of hydrogen-bond donors (Lipinski definition) is 1. The van der Waals surface area contributed by atoms with E-state index < -0.39 is 5.97 Å². The molecule has 0 radical (unpaired) electrons. The maximum atomic E-state index is 11.2. The first-order chi connectivity index (χ1) is 9.65. The van der Waals surface area contributed by atoms with Gasteiger partial charge in [0.05, 0.1) is 0 Å². The molecule has 1 saturated heterocycles. The highest BCUT2D eigenvalue weighted by molar-refractivity contribution is 5.94. The number of nitrogens with zero attached hydrogens (tertiary/aromatic N) is 4. The zero-order chi connectivity index (χ0) is 14.1. The number of carboxylic acids is 1. The van der Waals surface area contributed by atoms with E-state index in [2.05, 4.69) is 22.0 Å². The second kappa shape index (κ2) is 5.20. The molecule has 0 aromatic carbocycles. The van der Waals surface area contributed by atoms with Crippen molar-refractivity contribution < 1.29 is 9.90 Å². The van der Waals surface area contributed by atoms with Gasteiger partial charge in [-0.05, 0) is 38.6 Å². The van der Waals surface area contributed by atoms with Crippen LogP contribution in [0.25, 0.3) is 5.65 Å². The number of piperidine rings is 1. The van der Waals surface area contributed by atoms with Crippen molar-refractivity contribution in [2.45, 2.75) is 31.7 Å². The molecule has 1 aliphatic rings. The first kappa shape index (κ1) is 13.1. The Labute approximate surface area is 117 Å². The predicted octanol–water partition coefficient (Wildman–Crippen LogP) is 1.45. The summed E-state index contributed by atoms with van der Waals surface area (Å²) < 4.78 is 1.56. The summed E-state index contributed by atoms with van der Waals surface area (Å²) in [6, 6.07) is 3.69. The molecule has 6 nitrogen and oxygen atoms in total. The van der Waals surface area contributed by atoms with Crippen molar-refractivity contribution in [1.29, 1.82) is 0 Å². The Hall–Kier alpha value is -1.95. The summed E-state index contributed by atoms with van der Waals surface area (Å²) in [5, 5.41) is 13.6. The fourth-order valence-corrected chi connectivity index (χ4v) is 2.82. The van der Waals surface area contributed by atoms with Crippen LogP contribution in [0.3, 0.4) is 0 Å². The molecule has 0 spiro atoms. The molecule has 20 heavy (non-hydrogen) atoms. The lowest BCUT2D eigenvalue weighted by atomic mass is 10.00. The van der Waals surface area contributed by atoms with E-state index in [1.54, 1.807) is 22.8 Å². The van der Waals surface area contributed by atoms with Gasteiger partial charge in [0.2, 0.25) is 0 Å². The minimum absolute atomic E-state index is 0.197. The van der Waals surface area contributed by atoms with Crippen molar-refractivity contribution in [3.8, 4) is 0 Å². The van der Waals surface area contributed by atoms with Crippen LogP contribution in [0.1, 0.15) is 35.4 Å². The van der Waals surface area contributed by atoms with Crippen molar-refractivity contribution in [2.75, 3.05) is 13.6 Å². The highest BCUT2D eigenvalue weighted by Crippen LogP contribution is 2.18. The van der Waals surface area contributed by atoms with Gasteiger partial charge in [0.15, 0.2) is 11.5 Å². The summed E-state index contributed by atoms with van der Waals surface area (Å²) in [5.41, 5.74) is 0.622. The fourth-order valence-electron chi connectivity index (χ4n) is 2.82. The third-order valence-corrected chi connectivity index (χ3v) is 3.98. The van der Waals surface area contributed by atoms with E-state index in [4.69, 9.17) is 5.11 Å². The molecule has 6 heteroatoms. The highest BCUT2D eigenvalue weighted by atomic mass is 16.4. The van der Waals surface area contributed by atoms with Gasteiger partial charge in [-0.25, -0.2) is 14.3 Å². The van der Waals surface area contributed by atoms with Crippen LogP contribution < -0.4 is 0 Å². The highest BCUT2D eigenvalue weighted by Gasteiger charge is 2.21. The molecular weight excluding hydrogens is 256 g/mol. The normalized spacial score (nSPS) is 20.4. The van der Waals surface area contributed by atoms with Crippen LogP contribution in [0.2, 0.25) is 0 Å². The van der Waals surface area contributed by atoms with Crippen molar-refractivity contribution in [1.82, 2.24) is 19.5 Å². The molecule has 1 fully saturated rings. The van der Waals surface area contributed by atoms with Gasteiger partial charge in [0, 0.05) is 18.7 Å². The lowest BCUT2D eigenvalue weighted by Crippen LogP contribution is -2.37. The number of aromatic nitrogens is 3. The first-order valence-electron chi connectivity index (χ1n) is 6.93. The topological polar surface area (TPSA) is 70.7 Å². The third-order valence-electron chi connectivity index (χ3n) is 3.98. The molecule has 0 bridgehead atoms. The minimum atomic E-state index is -0.968. The maximum absolute atomic E-state index is 11.2. The zero-order valence-corrected chi connectivity index (χ0v) is 11.5. The number of carbonyl (C=O) groups is 1. The molecule has 0 aliphatic carbocycles. The molecule has 2 aromatic heterocycles. The Balaban J connectivity index is 1.89. The quantitative estimate of drug-likeness (QED) is 0.917. The molecule has 1 N–H and O–H groups in total. The Bertz CT molecular complexity index is 637. The maximum Gasteiger partial charge on any atom is 0.339 e. The SMILES string of the molecule is CN1CCCCC1Cc1nc2c(C(=O)O)cccn2n1. The Morgan fingerprint density at radius 3 is 3.10 bits per heavy atom. The molecule has 3 rings (SSSR count). The number of hydrogen-bond acceptors (Lipinski definition) is 4. The van der Waals surface area contributed by atoms with Gasteiger partial charge in [0.1, 0.15) is 5.56 Å². The predicted molar refractivity (Wildman–Crippen MR) is 73.9 cm³/mol. The number of pyridine rings is 1. The molecule has 1 aliphatic heterocycles. The molecule has 0 saturated carbocycles.